The smallest absolute Gasteiger partial charge is 0.205 e. The van der Waals surface area contributed by atoms with Crippen molar-refractivity contribution in [2.24, 2.45) is 5.92 Å². The first-order chi connectivity index (χ1) is 13.2. The molecule has 8 heteroatoms. The third-order valence-electron chi connectivity index (χ3n) is 5.00. The number of thiophene rings is 1. The second kappa shape index (κ2) is 6.38. The van der Waals surface area contributed by atoms with Crippen LogP contribution < -0.4 is 4.74 Å². The first-order valence-corrected chi connectivity index (χ1v) is 9.74. The molecule has 0 unspecified atom stereocenters. The van der Waals surface area contributed by atoms with Crippen LogP contribution in [0.25, 0.3) is 27.4 Å². The van der Waals surface area contributed by atoms with Gasteiger partial charge in [0.15, 0.2) is 5.82 Å². The standard InChI is InChI=1S/C19H18N6OS/c1-11-6-7-14-15(8-11)27-19-16(14)18(20-10-21-19)25-23-17(22-24-25)12-4-3-5-13(9-12)26-2/h3-5,9-11H,6-8H2,1-2H3/t11-/m0/s1. The third-order valence-corrected chi connectivity index (χ3v) is 6.17. The van der Waals surface area contributed by atoms with Crippen LogP contribution in [-0.4, -0.2) is 37.3 Å². The number of rotatable bonds is 3. The molecular formula is C19H18N6OS. The van der Waals surface area contributed by atoms with Crippen LogP contribution in [0.3, 0.4) is 0 Å². The SMILES string of the molecule is COc1cccc(-c2nnn(-c3ncnc4sc5c(c34)CC[C@H](C)C5)n2)c1. The lowest BCUT2D eigenvalue weighted by Crippen LogP contribution is -2.10. The fourth-order valence-corrected chi connectivity index (χ4v) is 4.94. The number of aromatic nitrogens is 6. The molecule has 1 aliphatic rings. The average Bonchev–Trinajstić information content (AvgIpc) is 3.32. The van der Waals surface area contributed by atoms with Gasteiger partial charge in [-0.2, -0.15) is 0 Å². The summed E-state index contributed by atoms with van der Waals surface area (Å²) < 4.78 is 5.28. The predicted octanol–water partition coefficient (Wildman–Crippen LogP) is 3.47. The summed E-state index contributed by atoms with van der Waals surface area (Å²) in [6, 6.07) is 7.63. The first-order valence-electron chi connectivity index (χ1n) is 8.93. The first kappa shape index (κ1) is 16.3. The molecule has 1 atom stereocenters. The highest BCUT2D eigenvalue weighted by molar-refractivity contribution is 7.18. The lowest BCUT2D eigenvalue weighted by Gasteiger charge is -2.17. The molecule has 3 aromatic heterocycles. The summed E-state index contributed by atoms with van der Waals surface area (Å²) in [7, 11) is 1.64. The van der Waals surface area contributed by atoms with E-state index in [2.05, 4.69) is 32.3 Å². The van der Waals surface area contributed by atoms with Gasteiger partial charge in [-0.15, -0.1) is 26.3 Å². The number of fused-ring (bicyclic) bond motifs is 3. The average molecular weight is 378 g/mol. The van der Waals surface area contributed by atoms with Crippen molar-refractivity contribution in [2.75, 3.05) is 7.11 Å². The maximum atomic E-state index is 5.28. The van der Waals surface area contributed by atoms with Gasteiger partial charge < -0.3 is 4.74 Å². The Balaban J connectivity index is 1.61. The summed E-state index contributed by atoms with van der Waals surface area (Å²) >= 11 is 1.76. The summed E-state index contributed by atoms with van der Waals surface area (Å²) in [6.45, 7) is 2.30. The second-order valence-corrected chi connectivity index (χ2v) is 7.95. The Labute approximate surface area is 160 Å². The monoisotopic (exact) mass is 378 g/mol. The molecule has 5 rings (SSSR count). The quantitative estimate of drug-likeness (QED) is 0.543. The molecule has 1 aliphatic carbocycles. The number of nitrogens with zero attached hydrogens (tertiary/aromatic N) is 6. The minimum absolute atomic E-state index is 0.540. The topological polar surface area (TPSA) is 78.6 Å². The molecule has 0 fully saturated rings. The molecule has 1 aromatic carbocycles. The number of methoxy groups -OCH3 is 1. The molecule has 3 heterocycles. The molecule has 27 heavy (non-hydrogen) atoms. The summed E-state index contributed by atoms with van der Waals surface area (Å²) in [4.78, 5) is 12.9. The van der Waals surface area contributed by atoms with Gasteiger partial charge in [0.1, 0.15) is 16.9 Å². The molecule has 0 saturated heterocycles. The van der Waals surface area contributed by atoms with Gasteiger partial charge in [-0.3, -0.25) is 0 Å². The van der Waals surface area contributed by atoms with Crippen LogP contribution >= 0.6 is 11.3 Å². The van der Waals surface area contributed by atoms with Crippen LogP contribution in [0, 0.1) is 5.92 Å². The maximum Gasteiger partial charge on any atom is 0.205 e. The summed E-state index contributed by atoms with van der Waals surface area (Å²) in [5.41, 5.74) is 2.20. The summed E-state index contributed by atoms with van der Waals surface area (Å²) in [5, 5.41) is 14.1. The number of aryl methyl sites for hydroxylation is 1. The van der Waals surface area contributed by atoms with Gasteiger partial charge in [-0.1, -0.05) is 19.1 Å². The highest BCUT2D eigenvalue weighted by Crippen LogP contribution is 2.38. The molecule has 0 N–H and O–H groups in total. The fourth-order valence-electron chi connectivity index (χ4n) is 3.59. The number of tetrazole rings is 1. The van der Waals surface area contributed by atoms with Gasteiger partial charge in [0.05, 0.1) is 12.5 Å². The van der Waals surface area contributed by atoms with Gasteiger partial charge in [0.25, 0.3) is 0 Å². The Morgan fingerprint density at radius 2 is 2.19 bits per heavy atom. The van der Waals surface area contributed by atoms with E-state index in [9.17, 15) is 0 Å². The predicted molar refractivity (Wildman–Crippen MR) is 103 cm³/mol. The second-order valence-electron chi connectivity index (χ2n) is 6.86. The van der Waals surface area contributed by atoms with E-state index in [1.807, 2.05) is 24.3 Å². The summed E-state index contributed by atoms with van der Waals surface area (Å²) in [5.74, 6) is 2.72. The minimum Gasteiger partial charge on any atom is -0.497 e. The molecule has 0 amide bonds. The largest absolute Gasteiger partial charge is 0.497 e. The Morgan fingerprint density at radius 3 is 3.07 bits per heavy atom. The fraction of sp³-hybridized carbons (Fsp3) is 0.316. The van der Waals surface area contributed by atoms with E-state index < -0.39 is 0 Å². The van der Waals surface area contributed by atoms with E-state index in [0.717, 1.165) is 34.4 Å². The Kier molecular flexibility index (Phi) is 3.86. The zero-order chi connectivity index (χ0) is 18.4. The van der Waals surface area contributed by atoms with E-state index in [0.29, 0.717) is 17.6 Å². The van der Waals surface area contributed by atoms with E-state index >= 15 is 0 Å². The highest BCUT2D eigenvalue weighted by Gasteiger charge is 2.24. The number of benzene rings is 1. The van der Waals surface area contributed by atoms with Crippen molar-refractivity contribution in [2.45, 2.75) is 26.2 Å². The number of hydrogen-bond donors (Lipinski definition) is 0. The van der Waals surface area contributed by atoms with E-state index in [1.54, 1.807) is 24.8 Å². The van der Waals surface area contributed by atoms with E-state index in [1.165, 1.54) is 21.7 Å². The van der Waals surface area contributed by atoms with Crippen molar-refractivity contribution in [3.05, 3.63) is 41.0 Å². The molecular weight excluding hydrogens is 360 g/mol. The van der Waals surface area contributed by atoms with Gasteiger partial charge >= 0.3 is 0 Å². The van der Waals surface area contributed by atoms with Crippen LogP contribution in [-0.2, 0) is 12.8 Å². The van der Waals surface area contributed by atoms with E-state index in [4.69, 9.17) is 4.74 Å². The van der Waals surface area contributed by atoms with Crippen LogP contribution in [0.5, 0.6) is 5.75 Å². The zero-order valence-electron chi connectivity index (χ0n) is 15.1. The molecule has 0 saturated carbocycles. The Morgan fingerprint density at radius 1 is 1.26 bits per heavy atom. The summed E-state index contributed by atoms with van der Waals surface area (Å²) in [6.07, 6.45) is 4.93. The molecule has 4 aromatic rings. The van der Waals surface area contributed by atoms with Gasteiger partial charge in [0, 0.05) is 10.4 Å². The van der Waals surface area contributed by atoms with Gasteiger partial charge in [-0.05, 0) is 48.1 Å². The van der Waals surface area contributed by atoms with Crippen LogP contribution in [0.1, 0.15) is 23.8 Å². The van der Waals surface area contributed by atoms with Crippen molar-refractivity contribution in [1.29, 1.82) is 0 Å². The lowest BCUT2D eigenvalue weighted by atomic mass is 9.89. The number of hydrogen-bond acceptors (Lipinski definition) is 7. The third kappa shape index (κ3) is 2.76. The molecule has 136 valence electrons. The Bertz CT molecular complexity index is 1130. The van der Waals surface area contributed by atoms with Crippen molar-refractivity contribution in [3.63, 3.8) is 0 Å². The van der Waals surface area contributed by atoms with Crippen LogP contribution in [0.2, 0.25) is 0 Å². The number of ether oxygens (including phenoxy) is 1. The zero-order valence-corrected chi connectivity index (χ0v) is 15.9. The molecule has 0 aliphatic heterocycles. The highest BCUT2D eigenvalue weighted by atomic mass is 32.1. The van der Waals surface area contributed by atoms with Crippen molar-refractivity contribution < 1.29 is 4.74 Å². The van der Waals surface area contributed by atoms with Crippen molar-refractivity contribution in [1.82, 2.24) is 30.2 Å². The Hall–Kier alpha value is -2.87. The molecule has 0 spiro atoms. The minimum atomic E-state index is 0.540. The van der Waals surface area contributed by atoms with Gasteiger partial charge in [-0.25, -0.2) is 9.97 Å². The van der Waals surface area contributed by atoms with Crippen LogP contribution in [0.4, 0.5) is 0 Å². The van der Waals surface area contributed by atoms with Crippen LogP contribution in [0.15, 0.2) is 30.6 Å². The van der Waals surface area contributed by atoms with Crippen molar-refractivity contribution >= 4 is 21.6 Å². The van der Waals surface area contributed by atoms with Gasteiger partial charge in [0.2, 0.25) is 5.82 Å². The van der Waals surface area contributed by atoms with E-state index in [-0.39, 0.29) is 0 Å². The molecule has 0 radical (unpaired) electrons. The maximum absolute atomic E-state index is 5.28. The molecule has 7 nitrogen and oxygen atoms in total. The lowest BCUT2D eigenvalue weighted by molar-refractivity contribution is 0.415. The normalized spacial score (nSPS) is 16.4. The van der Waals surface area contributed by atoms with Crippen molar-refractivity contribution in [3.8, 4) is 23.0 Å². The molecule has 0 bridgehead atoms.